The van der Waals surface area contributed by atoms with Crippen molar-refractivity contribution < 1.29 is 9.47 Å². The number of ether oxygens (including phenoxy) is 2. The minimum absolute atomic E-state index is 0.0175. The van der Waals surface area contributed by atoms with Gasteiger partial charge in [-0.15, -0.1) is 0 Å². The Morgan fingerprint density at radius 2 is 1.62 bits per heavy atom. The summed E-state index contributed by atoms with van der Waals surface area (Å²) < 4.78 is 11.5. The lowest BCUT2D eigenvalue weighted by molar-refractivity contribution is 0.00558. The molecule has 1 aliphatic heterocycles. The highest BCUT2D eigenvalue weighted by Crippen LogP contribution is 2.41. The lowest BCUT2D eigenvalue weighted by atomic mass is 10.0. The zero-order valence-electron chi connectivity index (χ0n) is 12.7. The van der Waals surface area contributed by atoms with Crippen molar-refractivity contribution >= 4 is 0 Å². The van der Waals surface area contributed by atoms with Crippen LogP contribution in [0.2, 0.25) is 0 Å². The third-order valence-electron chi connectivity index (χ3n) is 4.26. The van der Waals surface area contributed by atoms with Gasteiger partial charge < -0.3 is 9.47 Å². The Morgan fingerprint density at radius 3 is 2.24 bits per heavy atom. The summed E-state index contributed by atoms with van der Waals surface area (Å²) >= 11 is 0. The lowest BCUT2D eigenvalue weighted by Gasteiger charge is -2.21. The fraction of sp³-hybridized carbons (Fsp3) is 0.333. The Hall–Kier alpha value is -1.84. The highest BCUT2D eigenvalue weighted by atomic mass is 16.5. The Labute approximate surface area is 126 Å². The molecule has 2 aromatic rings. The molecule has 0 amide bonds. The first-order chi connectivity index (χ1) is 10.2. The molecule has 3 heteroatoms. The number of hydrogen-bond donors (Lipinski definition) is 0. The van der Waals surface area contributed by atoms with E-state index in [0.717, 1.165) is 11.3 Å². The van der Waals surface area contributed by atoms with Crippen LogP contribution in [0, 0.1) is 0 Å². The van der Waals surface area contributed by atoms with Crippen molar-refractivity contribution in [1.29, 1.82) is 0 Å². The number of likely N-dealkylation sites (N-methyl/N-ethyl adjacent to an activating group) is 1. The summed E-state index contributed by atoms with van der Waals surface area (Å²) in [5, 5.41) is 0. The van der Waals surface area contributed by atoms with Crippen LogP contribution in [-0.2, 0) is 4.74 Å². The maximum absolute atomic E-state index is 6.32. The Balaban J connectivity index is 1.84. The van der Waals surface area contributed by atoms with Gasteiger partial charge in [0, 0.05) is 6.04 Å². The molecular formula is C18H21NO2. The molecule has 1 saturated heterocycles. The van der Waals surface area contributed by atoms with Gasteiger partial charge in [0.25, 0.3) is 0 Å². The molecule has 0 radical (unpaired) electrons. The minimum atomic E-state index is -0.0175. The number of hydrogen-bond acceptors (Lipinski definition) is 3. The van der Waals surface area contributed by atoms with E-state index in [4.69, 9.17) is 9.47 Å². The van der Waals surface area contributed by atoms with Crippen LogP contribution in [0.25, 0.3) is 0 Å². The van der Waals surface area contributed by atoms with Crippen LogP contribution in [-0.4, -0.2) is 25.1 Å². The summed E-state index contributed by atoms with van der Waals surface area (Å²) in [7, 11) is 3.79. The van der Waals surface area contributed by atoms with Crippen molar-refractivity contribution in [2.45, 2.75) is 25.3 Å². The fourth-order valence-electron chi connectivity index (χ4n) is 2.86. The molecule has 21 heavy (non-hydrogen) atoms. The first-order valence-electron chi connectivity index (χ1n) is 7.27. The smallest absolute Gasteiger partial charge is 0.137 e. The van der Waals surface area contributed by atoms with E-state index in [2.05, 4.69) is 55.3 Å². The summed E-state index contributed by atoms with van der Waals surface area (Å²) in [6.45, 7) is 2.21. The van der Waals surface area contributed by atoms with Crippen molar-refractivity contribution in [1.82, 2.24) is 4.90 Å². The quantitative estimate of drug-likeness (QED) is 0.855. The normalized spacial score (nSPS) is 26.0. The Kier molecular flexibility index (Phi) is 3.95. The van der Waals surface area contributed by atoms with E-state index < -0.39 is 0 Å². The van der Waals surface area contributed by atoms with Gasteiger partial charge in [0.2, 0.25) is 0 Å². The van der Waals surface area contributed by atoms with Gasteiger partial charge in [0.15, 0.2) is 0 Å². The maximum Gasteiger partial charge on any atom is 0.137 e. The zero-order valence-corrected chi connectivity index (χ0v) is 12.7. The molecule has 1 heterocycles. The van der Waals surface area contributed by atoms with Crippen molar-refractivity contribution in [3.05, 3.63) is 65.7 Å². The van der Waals surface area contributed by atoms with Crippen molar-refractivity contribution in [3.8, 4) is 5.75 Å². The second-order valence-corrected chi connectivity index (χ2v) is 5.50. The summed E-state index contributed by atoms with van der Waals surface area (Å²) in [6, 6.07) is 18.8. The second kappa shape index (κ2) is 5.88. The fourth-order valence-corrected chi connectivity index (χ4v) is 2.86. The molecule has 0 aliphatic carbocycles. The maximum atomic E-state index is 6.32. The van der Waals surface area contributed by atoms with Crippen molar-refractivity contribution in [3.63, 3.8) is 0 Å². The van der Waals surface area contributed by atoms with Crippen LogP contribution in [0.3, 0.4) is 0 Å². The van der Waals surface area contributed by atoms with E-state index in [1.807, 2.05) is 18.2 Å². The summed E-state index contributed by atoms with van der Waals surface area (Å²) in [5.74, 6) is 0.868. The van der Waals surface area contributed by atoms with Crippen LogP contribution in [0.15, 0.2) is 54.6 Å². The molecule has 0 aromatic heterocycles. The summed E-state index contributed by atoms with van der Waals surface area (Å²) in [4.78, 5) is 2.28. The SMILES string of the molecule is COc1ccc([C@H]2O[C@@H](c3ccccc3)[C@@H](C)N2C)cc1. The molecular weight excluding hydrogens is 262 g/mol. The molecule has 3 nitrogen and oxygen atoms in total. The predicted molar refractivity (Wildman–Crippen MR) is 83.2 cm³/mol. The Morgan fingerprint density at radius 1 is 0.952 bits per heavy atom. The summed E-state index contributed by atoms with van der Waals surface area (Å²) in [6.07, 6.45) is 0.0828. The average Bonchev–Trinajstić information content (AvgIpc) is 2.84. The van der Waals surface area contributed by atoms with Gasteiger partial charge in [-0.05, 0) is 37.2 Å². The Bertz CT molecular complexity index is 582. The number of rotatable bonds is 3. The van der Waals surface area contributed by atoms with E-state index >= 15 is 0 Å². The molecule has 3 rings (SSSR count). The van der Waals surface area contributed by atoms with Gasteiger partial charge in [-0.1, -0.05) is 42.5 Å². The molecule has 0 unspecified atom stereocenters. The molecule has 1 aliphatic rings. The average molecular weight is 283 g/mol. The molecule has 110 valence electrons. The van der Waals surface area contributed by atoms with Gasteiger partial charge in [0.05, 0.1) is 7.11 Å². The molecule has 0 bridgehead atoms. The van der Waals surface area contributed by atoms with Gasteiger partial charge >= 0.3 is 0 Å². The first kappa shape index (κ1) is 14.1. The van der Waals surface area contributed by atoms with Crippen LogP contribution >= 0.6 is 0 Å². The van der Waals surface area contributed by atoms with Crippen molar-refractivity contribution in [2.75, 3.05) is 14.2 Å². The molecule has 0 N–H and O–H groups in total. The van der Waals surface area contributed by atoms with Crippen LogP contribution < -0.4 is 4.74 Å². The van der Waals surface area contributed by atoms with E-state index in [1.165, 1.54) is 5.56 Å². The third kappa shape index (κ3) is 2.67. The molecule has 1 fully saturated rings. The van der Waals surface area contributed by atoms with Crippen LogP contribution in [0.5, 0.6) is 5.75 Å². The first-order valence-corrected chi connectivity index (χ1v) is 7.27. The zero-order chi connectivity index (χ0) is 14.8. The lowest BCUT2D eigenvalue weighted by Crippen LogP contribution is -2.27. The van der Waals surface area contributed by atoms with Crippen molar-refractivity contribution in [2.24, 2.45) is 0 Å². The monoisotopic (exact) mass is 283 g/mol. The van der Waals surface area contributed by atoms with Gasteiger partial charge in [0.1, 0.15) is 18.1 Å². The standard InChI is InChI=1S/C18H21NO2/c1-13-17(14-7-5-4-6-8-14)21-18(19(13)2)15-9-11-16(20-3)12-10-15/h4-13,17-18H,1-3H3/t13-,17-,18-/m1/s1. The van der Waals surface area contributed by atoms with E-state index in [9.17, 15) is 0 Å². The minimum Gasteiger partial charge on any atom is -0.497 e. The largest absolute Gasteiger partial charge is 0.497 e. The van der Waals surface area contributed by atoms with E-state index in [1.54, 1.807) is 7.11 Å². The highest BCUT2D eigenvalue weighted by Gasteiger charge is 2.38. The molecule has 0 spiro atoms. The molecule has 2 aromatic carbocycles. The number of methoxy groups -OCH3 is 1. The van der Waals surface area contributed by atoms with Crippen LogP contribution in [0.4, 0.5) is 0 Å². The topological polar surface area (TPSA) is 21.7 Å². The summed E-state index contributed by atoms with van der Waals surface area (Å²) in [5.41, 5.74) is 2.39. The van der Waals surface area contributed by atoms with E-state index in [-0.39, 0.29) is 12.3 Å². The van der Waals surface area contributed by atoms with Gasteiger partial charge in [-0.2, -0.15) is 0 Å². The predicted octanol–water partition coefficient (Wildman–Crippen LogP) is 3.79. The molecule has 3 atom stereocenters. The van der Waals surface area contributed by atoms with E-state index in [0.29, 0.717) is 6.04 Å². The highest BCUT2D eigenvalue weighted by molar-refractivity contribution is 5.29. The van der Waals surface area contributed by atoms with Gasteiger partial charge in [-0.3, -0.25) is 4.90 Å². The van der Waals surface area contributed by atoms with Gasteiger partial charge in [-0.25, -0.2) is 0 Å². The molecule has 0 saturated carbocycles. The number of nitrogens with zero attached hydrogens (tertiary/aromatic N) is 1. The van der Waals surface area contributed by atoms with Crippen LogP contribution in [0.1, 0.15) is 30.4 Å². The number of benzene rings is 2. The second-order valence-electron chi connectivity index (χ2n) is 5.50. The third-order valence-corrected chi connectivity index (χ3v) is 4.26.